The molecule has 0 radical (unpaired) electrons. The SMILES string of the molecule is CC(C=NNC(=O)C(C)Oc1ccc(Cl)cc1)=Cc1ccco1. The number of benzene rings is 1. The van der Waals surface area contributed by atoms with Crippen molar-refractivity contribution < 1.29 is 13.9 Å². The van der Waals surface area contributed by atoms with E-state index in [0.717, 1.165) is 11.3 Å². The fourth-order valence-electron chi connectivity index (χ4n) is 1.69. The Kier molecular flexibility index (Phi) is 6.00. The Hall–Kier alpha value is -2.53. The van der Waals surface area contributed by atoms with E-state index in [1.165, 1.54) is 6.21 Å². The number of hydrazone groups is 1. The maximum absolute atomic E-state index is 11.9. The molecule has 2 rings (SSSR count). The number of amides is 1. The fraction of sp³-hybridized carbons (Fsp3) is 0.176. The van der Waals surface area contributed by atoms with Crippen molar-refractivity contribution in [2.45, 2.75) is 20.0 Å². The summed E-state index contributed by atoms with van der Waals surface area (Å²) in [7, 11) is 0. The number of ether oxygens (including phenoxy) is 1. The molecule has 6 heteroatoms. The van der Waals surface area contributed by atoms with E-state index in [9.17, 15) is 4.79 Å². The average Bonchev–Trinajstić information content (AvgIpc) is 3.02. The van der Waals surface area contributed by atoms with Crippen molar-refractivity contribution in [1.82, 2.24) is 5.43 Å². The minimum absolute atomic E-state index is 0.345. The molecule has 0 aliphatic carbocycles. The highest BCUT2D eigenvalue weighted by Gasteiger charge is 2.13. The highest BCUT2D eigenvalue weighted by Crippen LogP contribution is 2.16. The number of halogens is 1. The van der Waals surface area contributed by atoms with Gasteiger partial charge in [-0.05, 0) is 61.9 Å². The molecule has 0 saturated heterocycles. The first-order chi connectivity index (χ1) is 11.0. The highest BCUT2D eigenvalue weighted by molar-refractivity contribution is 6.30. The van der Waals surface area contributed by atoms with Gasteiger partial charge in [0.15, 0.2) is 6.10 Å². The van der Waals surface area contributed by atoms with Gasteiger partial charge in [-0.2, -0.15) is 5.10 Å². The molecule has 1 N–H and O–H groups in total. The second-order valence-electron chi connectivity index (χ2n) is 4.85. The van der Waals surface area contributed by atoms with E-state index in [4.69, 9.17) is 20.8 Å². The lowest BCUT2D eigenvalue weighted by molar-refractivity contribution is -0.127. The van der Waals surface area contributed by atoms with Gasteiger partial charge in [-0.25, -0.2) is 5.43 Å². The van der Waals surface area contributed by atoms with Crippen molar-refractivity contribution in [3.63, 3.8) is 0 Å². The number of carbonyl (C=O) groups is 1. The lowest BCUT2D eigenvalue weighted by atomic mass is 10.3. The number of hydrogen-bond donors (Lipinski definition) is 1. The number of rotatable bonds is 6. The molecule has 0 aliphatic heterocycles. The third-order valence-corrected chi connectivity index (χ3v) is 3.10. The van der Waals surface area contributed by atoms with Crippen molar-refractivity contribution in [3.05, 3.63) is 59.0 Å². The third-order valence-electron chi connectivity index (χ3n) is 2.85. The van der Waals surface area contributed by atoms with Crippen LogP contribution < -0.4 is 10.2 Å². The average molecular weight is 333 g/mol. The summed E-state index contributed by atoms with van der Waals surface area (Å²) in [5, 5.41) is 4.50. The number of carbonyl (C=O) groups excluding carboxylic acids is 1. The molecule has 2 aromatic rings. The van der Waals surface area contributed by atoms with Crippen LogP contribution in [0.2, 0.25) is 5.02 Å². The smallest absolute Gasteiger partial charge is 0.280 e. The molecule has 1 atom stereocenters. The van der Waals surface area contributed by atoms with Crippen LogP contribution in [0, 0.1) is 0 Å². The van der Waals surface area contributed by atoms with Gasteiger partial charge in [-0.15, -0.1) is 0 Å². The lowest BCUT2D eigenvalue weighted by Crippen LogP contribution is -2.33. The quantitative estimate of drug-likeness (QED) is 0.644. The van der Waals surface area contributed by atoms with E-state index in [1.54, 1.807) is 43.5 Å². The Morgan fingerprint density at radius 3 is 2.74 bits per heavy atom. The van der Waals surface area contributed by atoms with Crippen molar-refractivity contribution >= 4 is 29.8 Å². The second kappa shape index (κ2) is 8.19. The summed E-state index contributed by atoms with van der Waals surface area (Å²) in [5.74, 6) is 0.941. The molecule has 1 heterocycles. The molecule has 1 amide bonds. The molecular formula is C17H17ClN2O3. The Labute approximate surface area is 139 Å². The third kappa shape index (κ3) is 5.64. The van der Waals surface area contributed by atoms with Gasteiger partial charge in [0, 0.05) is 5.02 Å². The second-order valence-corrected chi connectivity index (χ2v) is 5.29. The van der Waals surface area contributed by atoms with Gasteiger partial charge in [0.2, 0.25) is 0 Å². The monoisotopic (exact) mass is 332 g/mol. The van der Waals surface area contributed by atoms with Crippen LogP contribution in [-0.2, 0) is 4.79 Å². The molecule has 0 fully saturated rings. The van der Waals surface area contributed by atoms with Gasteiger partial charge in [0.1, 0.15) is 11.5 Å². The molecule has 5 nitrogen and oxygen atoms in total. The zero-order chi connectivity index (χ0) is 16.7. The van der Waals surface area contributed by atoms with Gasteiger partial charge < -0.3 is 9.15 Å². The van der Waals surface area contributed by atoms with Crippen molar-refractivity contribution in [3.8, 4) is 5.75 Å². The summed E-state index contributed by atoms with van der Waals surface area (Å²) in [5.41, 5.74) is 3.27. The van der Waals surface area contributed by atoms with E-state index in [2.05, 4.69) is 10.5 Å². The summed E-state index contributed by atoms with van der Waals surface area (Å²) < 4.78 is 10.7. The molecule has 0 spiro atoms. The van der Waals surface area contributed by atoms with Gasteiger partial charge in [0.05, 0.1) is 12.5 Å². The number of hydrogen-bond acceptors (Lipinski definition) is 4. The van der Waals surface area contributed by atoms with Crippen LogP contribution in [0.3, 0.4) is 0 Å². The lowest BCUT2D eigenvalue weighted by Gasteiger charge is -2.12. The summed E-state index contributed by atoms with van der Waals surface area (Å²) in [4.78, 5) is 11.9. The fourth-order valence-corrected chi connectivity index (χ4v) is 1.82. The number of nitrogens with zero attached hydrogens (tertiary/aromatic N) is 1. The molecule has 1 aromatic carbocycles. The van der Waals surface area contributed by atoms with Crippen LogP contribution in [0.1, 0.15) is 19.6 Å². The largest absolute Gasteiger partial charge is 0.481 e. The number of furan rings is 1. The van der Waals surface area contributed by atoms with Crippen LogP contribution in [0.5, 0.6) is 5.75 Å². The Morgan fingerprint density at radius 2 is 2.09 bits per heavy atom. The summed E-state index contributed by atoms with van der Waals surface area (Å²) in [6, 6.07) is 10.4. The number of allylic oxidation sites excluding steroid dienone is 1. The zero-order valence-corrected chi connectivity index (χ0v) is 13.6. The predicted octanol–water partition coefficient (Wildman–Crippen LogP) is 3.91. The van der Waals surface area contributed by atoms with Crippen molar-refractivity contribution in [1.29, 1.82) is 0 Å². The normalized spacial score (nSPS) is 13.1. The Balaban J connectivity index is 1.83. The summed E-state index contributed by atoms with van der Waals surface area (Å²) in [6.07, 6.45) is 4.26. The first-order valence-corrected chi connectivity index (χ1v) is 7.39. The van der Waals surface area contributed by atoms with E-state index in [1.807, 2.05) is 19.1 Å². The van der Waals surface area contributed by atoms with Crippen molar-refractivity contribution in [2.24, 2.45) is 5.10 Å². The Morgan fingerprint density at radius 1 is 1.35 bits per heavy atom. The molecular weight excluding hydrogens is 316 g/mol. The molecule has 0 aliphatic rings. The van der Waals surface area contributed by atoms with E-state index >= 15 is 0 Å². The van der Waals surface area contributed by atoms with Crippen LogP contribution in [0.25, 0.3) is 6.08 Å². The minimum Gasteiger partial charge on any atom is -0.481 e. The van der Waals surface area contributed by atoms with Gasteiger partial charge in [-0.3, -0.25) is 4.79 Å². The van der Waals surface area contributed by atoms with Gasteiger partial charge in [-0.1, -0.05) is 11.6 Å². The maximum atomic E-state index is 11.9. The molecule has 1 unspecified atom stereocenters. The first-order valence-electron chi connectivity index (χ1n) is 7.01. The molecule has 120 valence electrons. The summed E-state index contributed by atoms with van der Waals surface area (Å²) in [6.45, 7) is 3.50. The predicted molar refractivity (Wildman–Crippen MR) is 90.5 cm³/mol. The maximum Gasteiger partial charge on any atom is 0.280 e. The van der Waals surface area contributed by atoms with Crippen LogP contribution >= 0.6 is 11.6 Å². The van der Waals surface area contributed by atoms with E-state index in [0.29, 0.717) is 10.8 Å². The number of nitrogens with one attached hydrogen (secondary N) is 1. The summed E-state index contributed by atoms with van der Waals surface area (Å²) >= 11 is 5.79. The molecule has 0 saturated carbocycles. The van der Waals surface area contributed by atoms with Crippen LogP contribution in [0.15, 0.2) is 57.8 Å². The van der Waals surface area contributed by atoms with Gasteiger partial charge >= 0.3 is 0 Å². The van der Waals surface area contributed by atoms with E-state index in [-0.39, 0.29) is 5.91 Å². The highest BCUT2D eigenvalue weighted by atomic mass is 35.5. The zero-order valence-electron chi connectivity index (χ0n) is 12.8. The Bertz CT molecular complexity index is 691. The molecule has 1 aromatic heterocycles. The van der Waals surface area contributed by atoms with Crippen molar-refractivity contribution in [2.75, 3.05) is 0 Å². The van der Waals surface area contributed by atoms with E-state index < -0.39 is 6.10 Å². The molecule has 23 heavy (non-hydrogen) atoms. The topological polar surface area (TPSA) is 63.8 Å². The van der Waals surface area contributed by atoms with Gasteiger partial charge in [0.25, 0.3) is 5.91 Å². The van der Waals surface area contributed by atoms with Crippen LogP contribution in [0.4, 0.5) is 0 Å². The standard InChI is InChI=1S/C17H17ClN2O3/c1-12(10-16-4-3-9-22-16)11-19-20-17(21)13(2)23-15-7-5-14(18)6-8-15/h3-11,13H,1-2H3,(H,20,21). The molecule has 0 bridgehead atoms. The first kappa shape index (κ1) is 16.8. The minimum atomic E-state index is -0.678. The van der Waals surface area contributed by atoms with Crippen LogP contribution in [-0.4, -0.2) is 18.2 Å².